The highest BCUT2D eigenvalue weighted by molar-refractivity contribution is 8.76. The Bertz CT molecular complexity index is 992. The highest BCUT2D eigenvalue weighted by Crippen LogP contribution is 2.67. The van der Waals surface area contributed by atoms with Crippen molar-refractivity contribution in [2.75, 3.05) is 45.0 Å². The van der Waals surface area contributed by atoms with Crippen LogP contribution in [0, 0.1) is 46.3 Å². The largest absolute Gasteiger partial charge is 0.343 e. The molecular weight excluding hydrogens is 723 g/mol. The molecule has 10 heteroatoms. The summed E-state index contributed by atoms with van der Waals surface area (Å²) >= 11 is 0. The second-order valence-electron chi connectivity index (χ2n) is 16.9. The SMILES string of the molecule is CC(C)CCCC(C)[C@H]1CC[C@H]2[C@@H]3CC=C4C[C@@H](SSCCC(=O)N(CCCN)CCCCNCCCN)CC[C@]4(C)[C@H]3CC[C@]12C.Cl.Cl.Cl. The van der Waals surface area contributed by atoms with E-state index in [2.05, 4.69) is 61.7 Å². The normalized spacial score (nSPS) is 30.5. The second kappa shape index (κ2) is 24.2. The molecule has 0 heterocycles. The van der Waals surface area contributed by atoms with Gasteiger partial charge in [0.05, 0.1) is 0 Å². The van der Waals surface area contributed by atoms with Gasteiger partial charge in [0.1, 0.15) is 0 Å². The number of hydrogen-bond acceptors (Lipinski definition) is 6. The third kappa shape index (κ3) is 12.9. The second-order valence-corrected chi connectivity index (χ2v) is 19.7. The molecule has 0 aromatic rings. The van der Waals surface area contributed by atoms with Crippen molar-refractivity contribution in [1.29, 1.82) is 0 Å². The zero-order valence-corrected chi connectivity index (χ0v) is 36.5. The van der Waals surface area contributed by atoms with Crippen LogP contribution in [0.25, 0.3) is 0 Å². The molecule has 8 atom stereocenters. The van der Waals surface area contributed by atoms with E-state index in [1.807, 2.05) is 10.8 Å². The molecule has 5 nitrogen and oxygen atoms in total. The lowest BCUT2D eigenvalue weighted by molar-refractivity contribution is -0.130. The van der Waals surface area contributed by atoms with E-state index in [0.717, 1.165) is 99.7 Å². The first kappa shape index (κ1) is 48.7. The van der Waals surface area contributed by atoms with Crippen LogP contribution in [-0.4, -0.2) is 61.1 Å². The van der Waals surface area contributed by atoms with E-state index >= 15 is 0 Å². The van der Waals surface area contributed by atoms with Gasteiger partial charge in [0, 0.05) is 30.5 Å². The lowest BCUT2D eigenvalue weighted by Crippen LogP contribution is -2.50. The maximum atomic E-state index is 13.1. The standard InChI is InChI=1S/C40H74N4OS2.3ClH/c1-30(2)11-8-12-31(3)35-15-16-36-34-14-13-32-29-33(17-20-39(32,4)37(34)18-21-40(35,36)5)47-46-28-19-38(45)44(27-10-23-42)26-7-6-24-43-25-9-22-41;;;/h13,30-31,33-37,43H,6-12,14-29,41-42H2,1-5H3;3*1H/t31?,33-,34-,35+,36-,37-,39-,40+;;;/m0.../s1. The summed E-state index contributed by atoms with van der Waals surface area (Å²) in [4.78, 5) is 15.2. The molecule has 0 radical (unpaired) electrons. The quantitative estimate of drug-likeness (QED) is 0.0609. The van der Waals surface area contributed by atoms with Crippen molar-refractivity contribution in [3.05, 3.63) is 11.6 Å². The van der Waals surface area contributed by atoms with Crippen LogP contribution in [0.5, 0.6) is 0 Å². The van der Waals surface area contributed by atoms with E-state index < -0.39 is 0 Å². The highest BCUT2D eigenvalue weighted by atomic mass is 35.5. The molecule has 3 saturated carbocycles. The van der Waals surface area contributed by atoms with Gasteiger partial charge < -0.3 is 21.7 Å². The van der Waals surface area contributed by atoms with Crippen molar-refractivity contribution >= 4 is 64.7 Å². The third-order valence-electron chi connectivity index (χ3n) is 13.4. The Hall–Kier alpha value is 0.660. The zero-order chi connectivity index (χ0) is 33.9. The van der Waals surface area contributed by atoms with Gasteiger partial charge in [-0.1, -0.05) is 87.1 Å². The zero-order valence-electron chi connectivity index (χ0n) is 32.4. The number of nitrogens with one attached hydrogen (secondary N) is 1. The van der Waals surface area contributed by atoms with Crippen LogP contribution in [0.4, 0.5) is 0 Å². The Balaban J connectivity index is 0.00000417. The number of amides is 1. The number of carbonyl (C=O) groups excluding carboxylic acids is 1. The molecular formula is C40H77Cl3N4OS2. The van der Waals surface area contributed by atoms with Crippen LogP contribution < -0.4 is 16.8 Å². The first-order valence-corrected chi connectivity index (χ1v) is 22.4. The highest BCUT2D eigenvalue weighted by Gasteiger charge is 2.59. The summed E-state index contributed by atoms with van der Waals surface area (Å²) in [7, 11) is 4.03. The van der Waals surface area contributed by atoms with Crippen LogP contribution in [-0.2, 0) is 4.79 Å². The minimum Gasteiger partial charge on any atom is -0.343 e. The molecule has 1 amide bonds. The van der Waals surface area contributed by atoms with Gasteiger partial charge in [0.2, 0.25) is 5.91 Å². The summed E-state index contributed by atoms with van der Waals surface area (Å²) in [5.74, 6) is 6.64. The molecule has 0 bridgehead atoms. The number of nitrogens with two attached hydrogens (primary N) is 2. The number of carbonyl (C=O) groups is 1. The van der Waals surface area contributed by atoms with Gasteiger partial charge in [-0.2, -0.15) is 0 Å². The summed E-state index contributed by atoms with van der Waals surface area (Å²) in [6, 6.07) is 0. The Morgan fingerprint density at radius 3 is 2.34 bits per heavy atom. The van der Waals surface area contributed by atoms with E-state index in [0.29, 0.717) is 35.0 Å². The predicted molar refractivity (Wildman–Crippen MR) is 229 cm³/mol. The molecule has 5 N–H and O–H groups in total. The van der Waals surface area contributed by atoms with Crippen LogP contribution >= 0.6 is 58.8 Å². The van der Waals surface area contributed by atoms with Crippen LogP contribution in [0.1, 0.15) is 137 Å². The van der Waals surface area contributed by atoms with Gasteiger partial charge in [-0.05, 0) is 150 Å². The molecule has 50 heavy (non-hydrogen) atoms. The summed E-state index contributed by atoms with van der Waals surface area (Å²) in [6.45, 7) is 17.8. The number of unbranched alkanes of at least 4 members (excludes halogenated alkanes) is 1. The fourth-order valence-corrected chi connectivity index (χ4v) is 13.3. The predicted octanol–water partition coefficient (Wildman–Crippen LogP) is 10.3. The van der Waals surface area contributed by atoms with Crippen molar-refractivity contribution in [2.24, 2.45) is 57.8 Å². The number of nitrogens with zero attached hydrogens (tertiary/aromatic N) is 1. The van der Waals surface area contributed by atoms with Gasteiger partial charge in [0.15, 0.2) is 0 Å². The van der Waals surface area contributed by atoms with Gasteiger partial charge in [-0.15, -0.1) is 37.2 Å². The molecule has 0 saturated heterocycles. The van der Waals surface area contributed by atoms with Crippen molar-refractivity contribution in [3.8, 4) is 0 Å². The average Bonchev–Trinajstić information content (AvgIpc) is 3.41. The Morgan fingerprint density at radius 1 is 0.900 bits per heavy atom. The summed E-state index contributed by atoms with van der Waals surface area (Å²) in [5.41, 5.74) is 14.2. The fraction of sp³-hybridized carbons (Fsp3) is 0.925. The molecule has 4 aliphatic carbocycles. The third-order valence-corrected chi connectivity index (χ3v) is 16.3. The van der Waals surface area contributed by atoms with Crippen molar-refractivity contribution in [2.45, 2.75) is 143 Å². The maximum absolute atomic E-state index is 13.1. The number of rotatable bonds is 21. The van der Waals surface area contributed by atoms with Gasteiger partial charge in [0.25, 0.3) is 0 Å². The summed E-state index contributed by atoms with van der Waals surface area (Å²) < 4.78 is 0. The topological polar surface area (TPSA) is 84.4 Å². The molecule has 0 aromatic carbocycles. The summed E-state index contributed by atoms with van der Waals surface area (Å²) in [6.07, 6.45) is 22.9. The van der Waals surface area contributed by atoms with Gasteiger partial charge in [-0.3, -0.25) is 4.79 Å². The minimum absolute atomic E-state index is 0. The van der Waals surface area contributed by atoms with E-state index in [1.54, 1.807) is 5.57 Å². The molecule has 0 aliphatic heterocycles. The Morgan fingerprint density at radius 2 is 1.62 bits per heavy atom. The summed E-state index contributed by atoms with van der Waals surface area (Å²) in [5, 5.41) is 4.15. The van der Waals surface area contributed by atoms with Crippen molar-refractivity contribution in [3.63, 3.8) is 0 Å². The Kier molecular flexibility index (Phi) is 23.6. The minimum atomic E-state index is 0. The first-order valence-electron chi connectivity index (χ1n) is 20.0. The van der Waals surface area contributed by atoms with Crippen molar-refractivity contribution in [1.82, 2.24) is 10.2 Å². The molecule has 0 spiro atoms. The molecule has 0 aromatic heterocycles. The van der Waals surface area contributed by atoms with Crippen LogP contribution in [0.3, 0.4) is 0 Å². The molecule has 296 valence electrons. The number of fused-ring (bicyclic) bond motifs is 5. The van der Waals surface area contributed by atoms with Gasteiger partial charge in [-0.25, -0.2) is 0 Å². The molecule has 4 rings (SSSR count). The smallest absolute Gasteiger partial charge is 0.223 e. The maximum Gasteiger partial charge on any atom is 0.223 e. The van der Waals surface area contributed by atoms with E-state index in [4.69, 9.17) is 11.5 Å². The fourth-order valence-electron chi connectivity index (χ4n) is 10.7. The van der Waals surface area contributed by atoms with Crippen LogP contribution in [0.15, 0.2) is 11.6 Å². The molecule has 4 aliphatic rings. The molecule has 1 unspecified atom stereocenters. The van der Waals surface area contributed by atoms with Gasteiger partial charge >= 0.3 is 0 Å². The lowest BCUT2D eigenvalue weighted by Gasteiger charge is -2.58. The monoisotopic (exact) mass is 798 g/mol. The lowest BCUT2D eigenvalue weighted by atomic mass is 9.47. The number of halogens is 3. The number of hydrogen-bond donors (Lipinski definition) is 3. The number of allylic oxidation sites excluding steroid dienone is 2. The first-order chi connectivity index (χ1) is 22.6. The Labute approximate surface area is 335 Å². The average molecular weight is 801 g/mol. The van der Waals surface area contributed by atoms with E-state index in [9.17, 15) is 4.79 Å². The van der Waals surface area contributed by atoms with Crippen LogP contribution in [0.2, 0.25) is 0 Å². The van der Waals surface area contributed by atoms with Crippen molar-refractivity contribution < 1.29 is 4.79 Å². The molecule has 3 fully saturated rings. The van der Waals surface area contributed by atoms with E-state index in [1.165, 1.54) is 70.6 Å². The van der Waals surface area contributed by atoms with E-state index in [-0.39, 0.29) is 37.2 Å².